The average Bonchev–Trinajstić information content (AvgIpc) is 2.68. The fourth-order valence-corrected chi connectivity index (χ4v) is 2.52. The van der Waals surface area contributed by atoms with Gasteiger partial charge in [0.05, 0.1) is 19.3 Å². The Balaban J connectivity index is 2.38. The molecule has 0 aliphatic heterocycles. The van der Waals surface area contributed by atoms with Crippen molar-refractivity contribution in [2.45, 2.75) is 0 Å². The molecule has 1 heterocycles. The molecule has 0 unspecified atom stereocenters. The van der Waals surface area contributed by atoms with E-state index in [9.17, 15) is 4.79 Å². The van der Waals surface area contributed by atoms with Gasteiger partial charge in [-0.15, -0.1) is 11.3 Å². The lowest BCUT2D eigenvalue weighted by molar-refractivity contribution is 0.104. The summed E-state index contributed by atoms with van der Waals surface area (Å²) < 4.78 is 0.586. The second-order valence-corrected chi connectivity index (χ2v) is 5.59. The van der Waals surface area contributed by atoms with Crippen molar-refractivity contribution in [2.75, 3.05) is 0 Å². The lowest BCUT2D eigenvalue weighted by Gasteiger charge is -2.00. The maximum absolute atomic E-state index is 12.0. The molecule has 1 aromatic carbocycles. The molecule has 0 saturated carbocycles. The Hall–Kier alpha value is -0.540. The molecule has 0 spiro atoms. The second-order valence-electron chi connectivity index (χ2n) is 3.06. The van der Waals surface area contributed by atoms with Gasteiger partial charge in [0, 0.05) is 5.56 Å². The Morgan fingerprint density at radius 1 is 1.00 bits per heavy atom. The summed E-state index contributed by atoms with van der Waals surface area (Å²) in [4.78, 5) is 12.6. The van der Waals surface area contributed by atoms with Crippen LogP contribution in [-0.4, -0.2) is 5.78 Å². The van der Waals surface area contributed by atoms with Crippen LogP contribution in [0, 0.1) is 0 Å². The molecule has 0 saturated heterocycles. The van der Waals surface area contributed by atoms with Crippen molar-refractivity contribution >= 4 is 51.9 Å². The van der Waals surface area contributed by atoms with Gasteiger partial charge in [0.25, 0.3) is 0 Å². The van der Waals surface area contributed by atoms with Crippen LogP contribution in [0.5, 0.6) is 0 Å². The summed E-state index contributed by atoms with van der Waals surface area (Å²) in [5, 5.41) is 0.803. The number of carbonyl (C=O) groups excluding carboxylic acids is 1. The minimum Gasteiger partial charge on any atom is -0.288 e. The number of benzene rings is 1. The molecule has 0 aliphatic rings. The number of carbonyl (C=O) groups is 1. The van der Waals surface area contributed by atoms with E-state index in [2.05, 4.69) is 0 Å². The van der Waals surface area contributed by atoms with Gasteiger partial charge in [-0.25, -0.2) is 0 Å². The van der Waals surface area contributed by atoms with Crippen LogP contribution in [-0.2, 0) is 0 Å². The normalized spacial score (nSPS) is 10.4. The van der Waals surface area contributed by atoms with E-state index in [1.165, 1.54) is 11.3 Å². The van der Waals surface area contributed by atoms with Gasteiger partial charge in [0.2, 0.25) is 5.78 Å². The second kappa shape index (κ2) is 4.76. The van der Waals surface area contributed by atoms with Crippen LogP contribution >= 0.6 is 46.1 Å². The van der Waals surface area contributed by atoms with Crippen LogP contribution in [0.1, 0.15) is 15.2 Å². The third-order valence-corrected chi connectivity index (χ3v) is 3.95. The highest BCUT2D eigenvalue weighted by Gasteiger charge is 2.12. The summed E-state index contributed by atoms with van der Waals surface area (Å²) in [6.07, 6.45) is 0. The summed E-state index contributed by atoms with van der Waals surface area (Å²) in [6, 6.07) is 8.19. The van der Waals surface area contributed by atoms with E-state index in [1.807, 2.05) is 0 Å². The van der Waals surface area contributed by atoms with E-state index in [0.717, 1.165) is 0 Å². The largest absolute Gasteiger partial charge is 0.288 e. The van der Waals surface area contributed by atoms with Gasteiger partial charge < -0.3 is 0 Å². The van der Waals surface area contributed by atoms with Gasteiger partial charge in [-0.1, -0.05) is 34.8 Å². The predicted octanol–water partition coefficient (Wildman–Crippen LogP) is 4.94. The molecule has 0 N–H and O–H groups in total. The Labute approximate surface area is 112 Å². The van der Waals surface area contributed by atoms with Gasteiger partial charge in [-0.2, -0.15) is 0 Å². The Morgan fingerprint density at radius 2 is 1.75 bits per heavy atom. The molecule has 1 aromatic heterocycles. The fraction of sp³-hybridized carbons (Fsp3) is 0. The minimum absolute atomic E-state index is 0.101. The van der Waals surface area contributed by atoms with Gasteiger partial charge >= 0.3 is 0 Å². The van der Waals surface area contributed by atoms with E-state index in [4.69, 9.17) is 34.8 Å². The number of hydrogen-bond acceptors (Lipinski definition) is 2. The molecular weight excluding hydrogens is 287 g/mol. The molecule has 5 heteroatoms. The van der Waals surface area contributed by atoms with Gasteiger partial charge in [-0.3, -0.25) is 4.79 Å². The Bertz CT molecular complexity index is 548. The summed E-state index contributed by atoms with van der Waals surface area (Å²) >= 11 is 18.6. The van der Waals surface area contributed by atoms with Crippen LogP contribution in [0.4, 0.5) is 0 Å². The molecule has 82 valence electrons. The molecule has 2 rings (SSSR count). The topological polar surface area (TPSA) is 17.1 Å². The quantitative estimate of drug-likeness (QED) is 0.716. The molecule has 16 heavy (non-hydrogen) atoms. The van der Waals surface area contributed by atoms with Crippen LogP contribution in [0.3, 0.4) is 0 Å². The number of rotatable bonds is 2. The summed E-state index contributed by atoms with van der Waals surface area (Å²) in [5.41, 5.74) is 0.507. The summed E-state index contributed by atoms with van der Waals surface area (Å²) in [7, 11) is 0. The monoisotopic (exact) mass is 290 g/mol. The van der Waals surface area contributed by atoms with Crippen LogP contribution in [0.2, 0.25) is 14.4 Å². The molecule has 0 amide bonds. The fourth-order valence-electron chi connectivity index (χ4n) is 1.22. The first kappa shape index (κ1) is 11.9. The third-order valence-electron chi connectivity index (χ3n) is 1.98. The van der Waals surface area contributed by atoms with Crippen molar-refractivity contribution in [3.63, 3.8) is 0 Å². The molecule has 0 bridgehead atoms. The van der Waals surface area contributed by atoms with Gasteiger partial charge in [-0.05, 0) is 30.3 Å². The average molecular weight is 292 g/mol. The van der Waals surface area contributed by atoms with Crippen molar-refractivity contribution in [1.29, 1.82) is 0 Å². The maximum Gasteiger partial charge on any atom is 0.203 e. The van der Waals surface area contributed by atoms with E-state index in [0.29, 0.717) is 24.8 Å². The van der Waals surface area contributed by atoms with Gasteiger partial charge in [0.15, 0.2) is 0 Å². The number of hydrogen-bond donors (Lipinski definition) is 0. The predicted molar refractivity (Wildman–Crippen MR) is 69.2 cm³/mol. The van der Waals surface area contributed by atoms with Crippen molar-refractivity contribution in [2.24, 2.45) is 0 Å². The first-order valence-corrected chi connectivity index (χ1v) is 6.28. The molecule has 0 atom stereocenters. The van der Waals surface area contributed by atoms with Crippen molar-refractivity contribution in [3.05, 3.63) is 55.2 Å². The number of ketones is 1. The minimum atomic E-state index is -0.101. The van der Waals surface area contributed by atoms with Crippen molar-refractivity contribution in [1.82, 2.24) is 0 Å². The molecule has 1 nitrogen and oxygen atoms in total. The zero-order valence-corrected chi connectivity index (χ0v) is 10.9. The zero-order chi connectivity index (χ0) is 11.7. The van der Waals surface area contributed by atoms with Crippen molar-refractivity contribution in [3.8, 4) is 0 Å². The SMILES string of the molecule is O=C(c1ccc(Cl)c(Cl)c1)c1ccc(Cl)s1. The third kappa shape index (κ3) is 2.41. The molecule has 0 radical (unpaired) electrons. The van der Waals surface area contributed by atoms with Crippen LogP contribution in [0.15, 0.2) is 30.3 Å². The van der Waals surface area contributed by atoms with Crippen LogP contribution < -0.4 is 0 Å². The van der Waals surface area contributed by atoms with E-state index < -0.39 is 0 Å². The maximum atomic E-state index is 12.0. The zero-order valence-electron chi connectivity index (χ0n) is 7.84. The number of thiophene rings is 1. The lowest BCUT2D eigenvalue weighted by Crippen LogP contribution is -1.97. The van der Waals surface area contributed by atoms with E-state index >= 15 is 0 Å². The Kier molecular flexibility index (Phi) is 3.55. The summed E-state index contributed by atoms with van der Waals surface area (Å²) in [6.45, 7) is 0. The summed E-state index contributed by atoms with van der Waals surface area (Å²) in [5.74, 6) is -0.101. The standard InChI is InChI=1S/C11H5Cl3OS/c12-7-2-1-6(5-8(7)13)11(15)9-3-4-10(14)16-9/h1-5H. The smallest absolute Gasteiger partial charge is 0.203 e. The van der Waals surface area contributed by atoms with E-state index in [1.54, 1.807) is 30.3 Å². The first-order chi connectivity index (χ1) is 7.58. The van der Waals surface area contributed by atoms with Crippen molar-refractivity contribution < 1.29 is 4.79 Å². The lowest BCUT2D eigenvalue weighted by atomic mass is 10.1. The van der Waals surface area contributed by atoms with Crippen LogP contribution in [0.25, 0.3) is 0 Å². The highest BCUT2D eigenvalue weighted by molar-refractivity contribution is 7.18. The highest BCUT2D eigenvalue weighted by atomic mass is 35.5. The highest BCUT2D eigenvalue weighted by Crippen LogP contribution is 2.27. The molecule has 0 aliphatic carbocycles. The first-order valence-electron chi connectivity index (χ1n) is 4.33. The van der Waals surface area contributed by atoms with Gasteiger partial charge in [0.1, 0.15) is 0 Å². The molecule has 2 aromatic rings. The number of halogens is 3. The van der Waals surface area contributed by atoms with E-state index in [-0.39, 0.29) is 5.78 Å². The molecule has 0 fully saturated rings. The molecular formula is C11H5Cl3OS. The Morgan fingerprint density at radius 3 is 2.31 bits per heavy atom.